The Bertz CT molecular complexity index is 565. The van der Waals surface area contributed by atoms with Crippen molar-refractivity contribution >= 4 is 18.0 Å². The van der Waals surface area contributed by atoms with Gasteiger partial charge in [-0.2, -0.15) is 0 Å². The van der Waals surface area contributed by atoms with Gasteiger partial charge in [0.1, 0.15) is 5.76 Å². The summed E-state index contributed by atoms with van der Waals surface area (Å²) in [7, 11) is 0. The number of carbonyl (C=O) groups excluding carboxylic acids is 2. The zero-order valence-electron chi connectivity index (χ0n) is 14.7. The lowest BCUT2D eigenvalue weighted by atomic mass is 9.97. The van der Waals surface area contributed by atoms with Crippen molar-refractivity contribution in [2.24, 2.45) is 5.92 Å². The molecule has 1 aromatic rings. The molecule has 0 bridgehead atoms. The molecule has 1 fully saturated rings. The van der Waals surface area contributed by atoms with Crippen molar-refractivity contribution in [3.63, 3.8) is 0 Å². The molecule has 132 valence electrons. The van der Waals surface area contributed by atoms with Crippen molar-refractivity contribution in [1.29, 1.82) is 0 Å². The average Bonchev–Trinajstić information content (AvgIpc) is 3.03. The molecule has 1 saturated heterocycles. The van der Waals surface area contributed by atoms with Crippen molar-refractivity contribution in [3.8, 4) is 0 Å². The third-order valence-electron chi connectivity index (χ3n) is 3.89. The molecule has 6 nitrogen and oxygen atoms in total. The monoisotopic (exact) mass is 333 g/mol. The quantitative estimate of drug-likeness (QED) is 0.832. The third-order valence-corrected chi connectivity index (χ3v) is 3.89. The van der Waals surface area contributed by atoms with E-state index in [0.717, 1.165) is 25.9 Å². The van der Waals surface area contributed by atoms with Crippen LogP contribution in [-0.4, -0.2) is 42.0 Å². The lowest BCUT2D eigenvalue weighted by Crippen LogP contribution is -2.51. The molecule has 0 atom stereocenters. The van der Waals surface area contributed by atoms with Gasteiger partial charge in [-0.3, -0.25) is 4.79 Å². The van der Waals surface area contributed by atoms with Crippen LogP contribution in [0, 0.1) is 5.92 Å². The Balaban J connectivity index is 1.67. The predicted octanol–water partition coefficient (Wildman–Crippen LogP) is 2.63. The van der Waals surface area contributed by atoms with Gasteiger partial charge in [0.25, 0.3) is 0 Å². The highest BCUT2D eigenvalue weighted by atomic mass is 16.3. The highest BCUT2D eigenvalue weighted by Gasteiger charge is 2.25. The molecule has 0 unspecified atom stereocenters. The van der Waals surface area contributed by atoms with Gasteiger partial charge in [0.15, 0.2) is 0 Å². The second-order valence-electron chi connectivity index (χ2n) is 7.20. The zero-order chi connectivity index (χ0) is 17.6. The average molecular weight is 333 g/mol. The van der Waals surface area contributed by atoms with Crippen LogP contribution in [0.1, 0.15) is 39.4 Å². The van der Waals surface area contributed by atoms with Crippen molar-refractivity contribution in [2.75, 3.05) is 19.6 Å². The molecule has 24 heavy (non-hydrogen) atoms. The van der Waals surface area contributed by atoms with E-state index in [1.807, 2.05) is 25.7 Å². The number of urea groups is 1. The minimum atomic E-state index is -0.220. The fourth-order valence-electron chi connectivity index (χ4n) is 2.59. The van der Waals surface area contributed by atoms with Gasteiger partial charge < -0.3 is 20.0 Å². The van der Waals surface area contributed by atoms with Gasteiger partial charge >= 0.3 is 6.03 Å². The van der Waals surface area contributed by atoms with Gasteiger partial charge in [0, 0.05) is 31.2 Å². The van der Waals surface area contributed by atoms with Crippen molar-refractivity contribution in [2.45, 2.75) is 39.2 Å². The van der Waals surface area contributed by atoms with Crippen molar-refractivity contribution in [1.82, 2.24) is 15.5 Å². The summed E-state index contributed by atoms with van der Waals surface area (Å²) in [5.74, 6) is 0.937. The minimum absolute atomic E-state index is 0.00799. The molecule has 0 radical (unpaired) electrons. The van der Waals surface area contributed by atoms with E-state index in [0.29, 0.717) is 18.2 Å². The van der Waals surface area contributed by atoms with Gasteiger partial charge in [-0.25, -0.2) is 4.79 Å². The maximum Gasteiger partial charge on any atom is 0.317 e. The van der Waals surface area contributed by atoms with Gasteiger partial charge in [-0.15, -0.1) is 0 Å². The van der Waals surface area contributed by atoms with Crippen LogP contribution in [0.15, 0.2) is 28.9 Å². The number of amides is 3. The Morgan fingerprint density at radius 1 is 1.33 bits per heavy atom. The molecule has 2 heterocycles. The van der Waals surface area contributed by atoms with Gasteiger partial charge in [0.2, 0.25) is 5.91 Å². The van der Waals surface area contributed by atoms with Crippen LogP contribution in [0.4, 0.5) is 4.79 Å². The van der Waals surface area contributed by atoms with E-state index in [4.69, 9.17) is 4.42 Å². The number of nitrogens with zero attached hydrogens (tertiary/aromatic N) is 1. The molecule has 1 aliphatic heterocycles. The first kappa shape index (κ1) is 18.1. The molecular formula is C18H27N3O3. The van der Waals surface area contributed by atoms with E-state index in [-0.39, 0.29) is 17.5 Å². The normalized spacial score (nSPS) is 16.4. The second-order valence-corrected chi connectivity index (χ2v) is 7.20. The summed E-state index contributed by atoms with van der Waals surface area (Å²) in [5.41, 5.74) is -0.220. The van der Waals surface area contributed by atoms with Crippen molar-refractivity contribution in [3.05, 3.63) is 30.2 Å². The first-order valence-corrected chi connectivity index (χ1v) is 8.40. The Kier molecular flexibility index (Phi) is 6.06. The Morgan fingerprint density at radius 3 is 2.62 bits per heavy atom. The summed E-state index contributed by atoms with van der Waals surface area (Å²) in [5, 5.41) is 5.89. The second kappa shape index (κ2) is 8.04. The number of carbonyl (C=O) groups is 2. The first-order chi connectivity index (χ1) is 11.3. The number of furan rings is 1. The molecule has 0 saturated carbocycles. The maximum absolute atomic E-state index is 12.1. The molecule has 3 amide bonds. The molecular weight excluding hydrogens is 306 g/mol. The zero-order valence-corrected chi connectivity index (χ0v) is 14.7. The van der Waals surface area contributed by atoms with E-state index >= 15 is 0 Å². The molecule has 1 aromatic heterocycles. The van der Waals surface area contributed by atoms with Crippen molar-refractivity contribution < 1.29 is 14.0 Å². The lowest BCUT2D eigenvalue weighted by Gasteiger charge is -2.34. The lowest BCUT2D eigenvalue weighted by molar-refractivity contribution is -0.116. The minimum Gasteiger partial charge on any atom is -0.465 e. The SMILES string of the molecule is CC(C)(C)NC(=O)N1CCC(CNC(=O)/C=C/c2ccco2)CC1. The van der Waals surface area contributed by atoms with Crippen LogP contribution >= 0.6 is 0 Å². The third kappa shape index (κ3) is 6.10. The molecule has 1 aliphatic rings. The Morgan fingerprint density at radius 2 is 2.04 bits per heavy atom. The highest BCUT2D eigenvalue weighted by molar-refractivity contribution is 5.91. The number of piperidine rings is 1. The van der Waals surface area contributed by atoms with Crippen LogP contribution in [0.25, 0.3) is 6.08 Å². The van der Waals surface area contributed by atoms with E-state index in [1.165, 1.54) is 6.08 Å². The van der Waals surface area contributed by atoms with E-state index < -0.39 is 0 Å². The fraction of sp³-hybridized carbons (Fsp3) is 0.556. The summed E-state index contributed by atoms with van der Waals surface area (Å²) < 4.78 is 5.14. The molecule has 0 aliphatic carbocycles. The molecule has 2 N–H and O–H groups in total. The standard InChI is InChI=1S/C18H27N3O3/c1-18(2,3)20-17(23)21-10-8-14(9-11-21)13-19-16(22)7-6-15-5-4-12-24-15/h4-7,12,14H,8-11,13H2,1-3H3,(H,19,22)(H,20,23)/b7-6+. The van der Waals surface area contributed by atoms with Crippen LogP contribution < -0.4 is 10.6 Å². The summed E-state index contributed by atoms with van der Waals surface area (Å²) in [4.78, 5) is 25.8. The van der Waals surface area contributed by atoms with Crippen LogP contribution in [0.5, 0.6) is 0 Å². The number of hydrogen-bond acceptors (Lipinski definition) is 3. The van der Waals surface area contributed by atoms with Gasteiger partial charge in [0.05, 0.1) is 6.26 Å². The largest absolute Gasteiger partial charge is 0.465 e. The highest BCUT2D eigenvalue weighted by Crippen LogP contribution is 2.17. The molecule has 2 rings (SSSR count). The van der Waals surface area contributed by atoms with Gasteiger partial charge in [-0.05, 0) is 57.7 Å². The van der Waals surface area contributed by atoms with Crippen LogP contribution in [0.3, 0.4) is 0 Å². The molecule has 6 heteroatoms. The summed E-state index contributed by atoms with van der Waals surface area (Å²) in [6, 6.07) is 3.56. The smallest absolute Gasteiger partial charge is 0.317 e. The maximum atomic E-state index is 12.1. The summed E-state index contributed by atoms with van der Waals surface area (Å²) in [6.07, 6.45) is 6.50. The Labute approximate surface area is 143 Å². The van der Waals surface area contributed by atoms with Crippen LogP contribution in [0.2, 0.25) is 0 Å². The summed E-state index contributed by atoms with van der Waals surface area (Å²) in [6.45, 7) is 8.02. The van der Waals surface area contributed by atoms with E-state index in [9.17, 15) is 9.59 Å². The first-order valence-electron chi connectivity index (χ1n) is 8.40. The number of nitrogens with one attached hydrogen (secondary N) is 2. The van der Waals surface area contributed by atoms with E-state index in [1.54, 1.807) is 24.5 Å². The predicted molar refractivity (Wildman–Crippen MR) is 93.3 cm³/mol. The number of likely N-dealkylation sites (tertiary alicyclic amines) is 1. The van der Waals surface area contributed by atoms with E-state index in [2.05, 4.69) is 10.6 Å². The fourth-order valence-corrected chi connectivity index (χ4v) is 2.59. The number of rotatable bonds is 4. The Hall–Kier alpha value is -2.24. The van der Waals surface area contributed by atoms with Gasteiger partial charge in [-0.1, -0.05) is 0 Å². The molecule has 0 aromatic carbocycles. The van der Waals surface area contributed by atoms with Crippen LogP contribution in [-0.2, 0) is 4.79 Å². The number of hydrogen-bond donors (Lipinski definition) is 2. The molecule has 0 spiro atoms. The topological polar surface area (TPSA) is 74.6 Å². The summed E-state index contributed by atoms with van der Waals surface area (Å²) >= 11 is 0.